The lowest BCUT2D eigenvalue weighted by atomic mass is 10.1. The second-order valence-electron chi connectivity index (χ2n) is 8.61. The molecule has 2 aromatic heterocycles. The highest BCUT2D eigenvalue weighted by Gasteiger charge is 2.16. The standard InChI is InChI=1S/C29H24N6O3S2/c1-18-34-35-29(40-18)33-26(36)17-39-22-13-11-21(12-14-22)31-28(38)25(32-27(37)19-7-3-2-4-8-19)15-20-16-30-24-10-6-5-9-23(20)24/h2-16,30H,17H2,1H3,(H,31,38)(H,32,37)(H,33,35,36)/b25-15-. The van der Waals surface area contributed by atoms with Crippen molar-refractivity contribution in [1.82, 2.24) is 20.5 Å². The van der Waals surface area contributed by atoms with Gasteiger partial charge in [-0.2, -0.15) is 0 Å². The van der Waals surface area contributed by atoms with Gasteiger partial charge < -0.3 is 15.6 Å². The van der Waals surface area contributed by atoms with E-state index in [2.05, 4.69) is 31.1 Å². The van der Waals surface area contributed by atoms with Crippen LogP contribution < -0.4 is 16.0 Å². The van der Waals surface area contributed by atoms with Crippen LogP contribution in [0.4, 0.5) is 10.8 Å². The van der Waals surface area contributed by atoms with Crippen LogP contribution in [-0.2, 0) is 9.59 Å². The molecule has 0 atom stereocenters. The molecule has 3 amide bonds. The second-order valence-corrected chi connectivity index (χ2v) is 10.8. The molecule has 9 nitrogen and oxygen atoms in total. The van der Waals surface area contributed by atoms with Crippen molar-refractivity contribution in [2.24, 2.45) is 0 Å². The third-order valence-corrected chi connectivity index (χ3v) is 7.47. The Labute approximate surface area is 238 Å². The number of hydrogen-bond donors (Lipinski definition) is 4. The molecule has 0 saturated heterocycles. The van der Waals surface area contributed by atoms with Crippen molar-refractivity contribution in [3.63, 3.8) is 0 Å². The lowest BCUT2D eigenvalue weighted by molar-refractivity contribution is -0.114. The molecule has 0 fully saturated rings. The van der Waals surface area contributed by atoms with Crippen molar-refractivity contribution in [3.8, 4) is 0 Å². The zero-order valence-corrected chi connectivity index (χ0v) is 22.9. The van der Waals surface area contributed by atoms with Crippen LogP contribution in [0.1, 0.15) is 20.9 Å². The number of H-pyrrole nitrogens is 1. The summed E-state index contributed by atoms with van der Waals surface area (Å²) in [5.41, 5.74) is 2.76. The fourth-order valence-corrected chi connectivity index (χ4v) is 5.10. The van der Waals surface area contributed by atoms with Gasteiger partial charge in [0, 0.05) is 38.8 Å². The molecule has 2 heterocycles. The Balaban J connectivity index is 1.28. The number of carbonyl (C=O) groups excluding carboxylic acids is 3. The van der Waals surface area contributed by atoms with Crippen LogP contribution >= 0.6 is 23.1 Å². The molecule has 0 bridgehead atoms. The summed E-state index contributed by atoms with van der Waals surface area (Å²) in [6.07, 6.45) is 3.44. The fraction of sp³-hybridized carbons (Fsp3) is 0.0690. The van der Waals surface area contributed by atoms with E-state index in [-0.39, 0.29) is 17.4 Å². The molecule has 4 N–H and O–H groups in total. The largest absolute Gasteiger partial charge is 0.361 e. The molecule has 0 aliphatic carbocycles. The van der Waals surface area contributed by atoms with E-state index in [0.717, 1.165) is 26.4 Å². The minimum Gasteiger partial charge on any atom is -0.361 e. The van der Waals surface area contributed by atoms with Gasteiger partial charge >= 0.3 is 0 Å². The number of para-hydroxylation sites is 1. The van der Waals surface area contributed by atoms with Crippen molar-refractivity contribution in [1.29, 1.82) is 0 Å². The van der Waals surface area contributed by atoms with Crippen molar-refractivity contribution >= 4 is 68.6 Å². The first-order valence-corrected chi connectivity index (χ1v) is 14.0. The van der Waals surface area contributed by atoms with Crippen molar-refractivity contribution < 1.29 is 14.4 Å². The summed E-state index contributed by atoms with van der Waals surface area (Å²) in [6, 6.07) is 23.5. The van der Waals surface area contributed by atoms with E-state index in [9.17, 15) is 14.4 Å². The molecule has 3 aromatic carbocycles. The smallest absolute Gasteiger partial charge is 0.272 e. The Kier molecular flexibility index (Phi) is 8.33. The number of aryl methyl sites for hydroxylation is 1. The number of hydrogen-bond acceptors (Lipinski definition) is 7. The second kappa shape index (κ2) is 12.4. The van der Waals surface area contributed by atoms with Gasteiger partial charge in [-0.05, 0) is 55.5 Å². The number of anilines is 2. The highest BCUT2D eigenvalue weighted by molar-refractivity contribution is 8.00. The number of rotatable bonds is 9. The van der Waals surface area contributed by atoms with Crippen LogP contribution in [0.15, 0.2) is 95.7 Å². The topological polar surface area (TPSA) is 129 Å². The van der Waals surface area contributed by atoms with Gasteiger partial charge in [-0.1, -0.05) is 47.7 Å². The maximum atomic E-state index is 13.3. The quantitative estimate of drug-likeness (QED) is 0.138. The number of fused-ring (bicyclic) bond motifs is 1. The maximum Gasteiger partial charge on any atom is 0.272 e. The van der Waals surface area contributed by atoms with E-state index in [4.69, 9.17) is 0 Å². The van der Waals surface area contributed by atoms with Crippen LogP contribution in [0.5, 0.6) is 0 Å². The van der Waals surface area contributed by atoms with Crippen LogP contribution in [0.25, 0.3) is 17.0 Å². The summed E-state index contributed by atoms with van der Waals surface area (Å²) in [4.78, 5) is 42.5. The number of benzene rings is 3. The third kappa shape index (κ3) is 6.82. The van der Waals surface area contributed by atoms with Crippen LogP contribution in [-0.4, -0.2) is 38.7 Å². The maximum absolute atomic E-state index is 13.3. The van der Waals surface area contributed by atoms with E-state index < -0.39 is 11.8 Å². The zero-order chi connectivity index (χ0) is 27.9. The van der Waals surface area contributed by atoms with Gasteiger partial charge in [0.1, 0.15) is 10.7 Å². The predicted octanol–water partition coefficient (Wildman–Crippen LogP) is 5.47. The fourth-order valence-electron chi connectivity index (χ4n) is 3.80. The molecule has 5 aromatic rings. The molecule has 0 aliphatic rings. The Hall–Kier alpha value is -4.74. The van der Waals surface area contributed by atoms with E-state index in [1.165, 1.54) is 23.1 Å². The molecular formula is C29H24N6O3S2. The molecule has 5 rings (SSSR count). The number of amides is 3. The number of carbonyl (C=O) groups is 3. The summed E-state index contributed by atoms with van der Waals surface area (Å²) < 4.78 is 0. The molecule has 0 spiro atoms. The van der Waals surface area contributed by atoms with E-state index in [1.54, 1.807) is 48.7 Å². The number of nitrogens with one attached hydrogen (secondary N) is 4. The van der Waals surface area contributed by atoms with Gasteiger partial charge in [-0.3, -0.25) is 19.7 Å². The summed E-state index contributed by atoms with van der Waals surface area (Å²) in [5.74, 6) is -0.843. The normalized spacial score (nSPS) is 11.3. The van der Waals surface area contributed by atoms with Gasteiger partial charge in [0.25, 0.3) is 11.8 Å². The Morgan fingerprint density at radius 3 is 2.42 bits per heavy atom. The minimum atomic E-state index is -0.471. The summed E-state index contributed by atoms with van der Waals surface area (Å²) in [6.45, 7) is 1.82. The molecule has 200 valence electrons. The summed E-state index contributed by atoms with van der Waals surface area (Å²) in [5, 5.41) is 18.3. The number of nitrogens with zero attached hydrogens (tertiary/aromatic N) is 2. The average molecular weight is 569 g/mol. The lowest BCUT2D eigenvalue weighted by Crippen LogP contribution is -2.30. The van der Waals surface area contributed by atoms with Gasteiger partial charge in [-0.25, -0.2) is 0 Å². The van der Waals surface area contributed by atoms with Crippen LogP contribution in [0.3, 0.4) is 0 Å². The van der Waals surface area contributed by atoms with Gasteiger partial charge in [0.2, 0.25) is 11.0 Å². The molecule has 0 saturated carbocycles. The molecule has 0 aliphatic heterocycles. The first kappa shape index (κ1) is 26.9. The molecule has 11 heteroatoms. The SMILES string of the molecule is Cc1nnc(NC(=O)CSc2ccc(NC(=O)/C(=C/c3c[nH]c4ccccc34)NC(=O)c3ccccc3)cc2)s1. The molecule has 40 heavy (non-hydrogen) atoms. The monoisotopic (exact) mass is 568 g/mol. The first-order valence-electron chi connectivity index (χ1n) is 12.2. The van der Waals surface area contributed by atoms with Crippen LogP contribution in [0, 0.1) is 6.92 Å². The van der Waals surface area contributed by atoms with Gasteiger partial charge in [-0.15, -0.1) is 22.0 Å². The molecular weight excluding hydrogens is 544 g/mol. The third-order valence-electron chi connectivity index (χ3n) is 5.70. The van der Waals surface area contributed by atoms with E-state index in [0.29, 0.717) is 16.4 Å². The Morgan fingerprint density at radius 1 is 0.925 bits per heavy atom. The van der Waals surface area contributed by atoms with Crippen LogP contribution in [0.2, 0.25) is 0 Å². The summed E-state index contributed by atoms with van der Waals surface area (Å²) in [7, 11) is 0. The van der Waals surface area contributed by atoms with Gasteiger partial charge in [0.15, 0.2) is 0 Å². The number of thioether (sulfide) groups is 1. The lowest BCUT2D eigenvalue weighted by Gasteiger charge is -2.12. The number of aromatic nitrogens is 3. The van der Waals surface area contributed by atoms with Gasteiger partial charge in [0.05, 0.1) is 5.75 Å². The van der Waals surface area contributed by atoms with Crippen molar-refractivity contribution in [3.05, 3.63) is 107 Å². The average Bonchev–Trinajstić information content (AvgIpc) is 3.58. The minimum absolute atomic E-state index is 0.0978. The number of aromatic amines is 1. The molecule has 0 radical (unpaired) electrons. The van der Waals surface area contributed by atoms with Crippen molar-refractivity contribution in [2.45, 2.75) is 11.8 Å². The zero-order valence-electron chi connectivity index (χ0n) is 21.3. The summed E-state index contributed by atoms with van der Waals surface area (Å²) >= 11 is 2.67. The van der Waals surface area contributed by atoms with Crippen molar-refractivity contribution in [2.75, 3.05) is 16.4 Å². The Morgan fingerprint density at radius 2 is 1.68 bits per heavy atom. The highest BCUT2D eigenvalue weighted by Crippen LogP contribution is 2.23. The van der Waals surface area contributed by atoms with E-state index in [1.807, 2.05) is 49.4 Å². The molecule has 0 unspecified atom stereocenters. The highest BCUT2D eigenvalue weighted by atomic mass is 32.2. The Bertz CT molecular complexity index is 1690. The van der Waals surface area contributed by atoms with E-state index >= 15 is 0 Å². The first-order chi connectivity index (χ1) is 19.4. The predicted molar refractivity (Wildman–Crippen MR) is 159 cm³/mol.